The van der Waals surface area contributed by atoms with Gasteiger partial charge in [-0.2, -0.15) is 0 Å². The van der Waals surface area contributed by atoms with Crippen LogP contribution in [0.4, 0.5) is 4.79 Å². The number of nitrogens with zero attached hydrogens (tertiary/aromatic N) is 1. The normalized spacial score (nSPS) is 15.4. The molecule has 27 heavy (non-hydrogen) atoms. The van der Waals surface area contributed by atoms with Crippen molar-refractivity contribution in [3.8, 4) is 5.75 Å². The number of hydrogen-bond acceptors (Lipinski definition) is 5. The Bertz CT molecular complexity index is 637. The van der Waals surface area contributed by atoms with Crippen LogP contribution >= 0.6 is 0 Å². The van der Waals surface area contributed by atoms with E-state index in [4.69, 9.17) is 14.2 Å². The Labute approximate surface area is 161 Å². The van der Waals surface area contributed by atoms with Crippen molar-refractivity contribution in [3.63, 3.8) is 0 Å². The summed E-state index contributed by atoms with van der Waals surface area (Å²) in [7, 11) is 0. The first kappa shape index (κ1) is 21.1. The molecule has 0 N–H and O–H groups in total. The zero-order valence-corrected chi connectivity index (χ0v) is 17.0. The molecule has 1 amide bonds. The first-order valence-corrected chi connectivity index (χ1v) is 9.51. The van der Waals surface area contributed by atoms with E-state index >= 15 is 0 Å². The van der Waals surface area contributed by atoms with Gasteiger partial charge in [-0.3, -0.25) is 4.79 Å². The fourth-order valence-electron chi connectivity index (χ4n) is 3.05. The van der Waals surface area contributed by atoms with Crippen LogP contribution in [0.25, 0.3) is 0 Å². The molecule has 0 aliphatic carbocycles. The van der Waals surface area contributed by atoms with Gasteiger partial charge in [0.15, 0.2) is 0 Å². The number of amides is 1. The zero-order chi connectivity index (χ0) is 20.0. The molecule has 1 saturated heterocycles. The van der Waals surface area contributed by atoms with Crippen LogP contribution in [0.3, 0.4) is 0 Å². The number of hydrogen-bond donors (Lipinski definition) is 0. The number of para-hydroxylation sites is 1. The minimum Gasteiger partial charge on any atom is -0.489 e. The van der Waals surface area contributed by atoms with Crippen LogP contribution < -0.4 is 4.74 Å². The number of aryl methyl sites for hydroxylation is 2. The minimum atomic E-state index is -0.512. The van der Waals surface area contributed by atoms with Crippen molar-refractivity contribution < 1.29 is 23.8 Å². The van der Waals surface area contributed by atoms with E-state index in [0.29, 0.717) is 32.5 Å². The molecule has 0 spiro atoms. The second-order valence-corrected chi connectivity index (χ2v) is 7.98. The highest BCUT2D eigenvalue weighted by Crippen LogP contribution is 2.23. The van der Waals surface area contributed by atoms with E-state index in [0.717, 1.165) is 16.9 Å². The summed E-state index contributed by atoms with van der Waals surface area (Å²) in [5.41, 5.74) is 1.62. The molecule has 0 atom stereocenters. The van der Waals surface area contributed by atoms with Crippen molar-refractivity contribution in [2.45, 2.75) is 53.1 Å². The molecule has 0 saturated carbocycles. The van der Waals surface area contributed by atoms with Crippen LogP contribution in [-0.2, 0) is 14.3 Å². The number of carbonyl (C=O) groups is 2. The standard InChI is InChI=1S/C21H31NO5/c1-15-7-6-8-16(2)18(15)25-13-14-26-19(23)17-9-11-22(12-10-17)20(24)27-21(3,4)5/h6-8,17H,9-14H2,1-5H3. The molecule has 0 bridgehead atoms. The summed E-state index contributed by atoms with van der Waals surface area (Å²) in [5, 5.41) is 0. The van der Waals surface area contributed by atoms with Crippen molar-refractivity contribution in [2.24, 2.45) is 5.92 Å². The molecule has 2 rings (SSSR count). The first-order chi connectivity index (χ1) is 12.7. The molecule has 6 nitrogen and oxygen atoms in total. The molecule has 6 heteroatoms. The number of benzene rings is 1. The number of esters is 1. The lowest BCUT2D eigenvalue weighted by atomic mass is 9.97. The Morgan fingerprint density at radius 3 is 2.22 bits per heavy atom. The van der Waals surface area contributed by atoms with Gasteiger partial charge in [-0.1, -0.05) is 18.2 Å². The van der Waals surface area contributed by atoms with Crippen LogP contribution in [0.5, 0.6) is 5.75 Å². The van der Waals surface area contributed by atoms with E-state index in [1.54, 1.807) is 4.90 Å². The number of rotatable bonds is 5. The number of piperidine rings is 1. The Kier molecular flexibility index (Phi) is 7.11. The van der Waals surface area contributed by atoms with Crippen molar-refractivity contribution in [1.29, 1.82) is 0 Å². The van der Waals surface area contributed by atoms with E-state index in [1.807, 2.05) is 52.8 Å². The molecule has 0 unspecified atom stereocenters. The monoisotopic (exact) mass is 377 g/mol. The predicted molar refractivity (Wildman–Crippen MR) is 103 cm³/mol. The van der Waals surface area contributed by atoms with E-state index in [2.05, 4.69) is 0 Å². The molecule has 1 fully saturated rings. The van der Waals surface area contributed by atoms with Gasteiger partial charge in [-0.05, 0) is 58.6 Å². The highest BCUT2D eigenvalue weighted by atomic mass is 16.6. The summed E-state index contributed by atoms with van der Waals surface area (Å²) in [4.78, 5) is 25.9. The maximum atomic E-state index is 12.2. The van der Waals surface area contributed by atoms with Gasteiger partial charge in [-0.25, -0.2) is 4.79 Å². The summed E-state index contributed by atoms with van der Waals surface area (Å²) in [6, 6.07) is 5.97. The minimum absolute atomic E-state index is 0.177. The van der Waals surface area contributed by atoms with Crippen molar-refractivity contribution in [3.05, 3.63) is 29.3 Å². The number of likely N-dealkylation sites (tertiary alicyclic amines) is 1. The van der Waals surface area contributed by atoms with Gasteiger partial charge in [0.2, 0.25) is 0 Å². The van der Waals surface area contributed by atoms with Crippen molar-refractivity contribution in [2.75, 3.05) is 26.3 Å². The van der Waals surface area contributed by atoms with Gasteiger partial charge >= 0.3 is 12.1 Å². The molecule has 1 aromatic carbocycles. The molecule has 150 valence electrons. The van der Waals surface area contributed by atoms with Crippen molar-refractivity contribution in [1.82, 2.24) is 4.90 Å². The highest BCUT2D eigenvalue weighted by Gasteiger charge is 2.30. The zero-order valence-electron chi connectivity index (χ0n) is 17.0. The molecule has 0 radical (unpaired) electrons. The Morgan fingerprint density at radius 1 is 1.07 bits per heavy atom. The van der Waals surface area contributed by atoms with Crippen LogP contribution in [-0.4, -0.2) is 48.9 Å². The quantitative estimate of drug-likeness (QED) is 0.576. The van der Waals surface area contributed by atoms with Gasteiger partial charge in [0.1, 0.15) is 24.6 Å². The second kappa shape index (κ2) is 9.11. The van der Waals surface area contributed by atoms with Crippen molar-refractivity contribution >= 4 is 12.1 Å². The van der Waals surface area contributed by atoms with Gasteiger partial charge in [0.25, 0.3) is 0 Å². The number of ether oxygens (including phenoxy) is 3. The van der Waals surface area contributed by atoms with E-state index < -0.39 is 5.60 Å². The summed E-state index contributed by atoms with van der Waals surface area (Å²) in [6.07, 6.45) is 0.863. The van der Waals surface area contributed by atoms with Gasteiger partial charge < -0.3 is 19.1 Å². The lowest BCUT2D eigenvalue weighted by Crippen LogP contribution is -2.43. The molecule has 1 aliphatic heterocycles. The predicted octanol–water partition coefficient (Wildman–Crippen LogP) is 3.87. The largest absolute Gasteiger partial charge is 0.489 e. The summed E-state index contributed by atoms with van der Waals surface area (Å²) < 4.78 is 16.5. The molecular formula is C21H31NO5. The number of carbonyl (C=O) groups excluding carboxylic acids is 2. The average Bonchev–Trinajstić information content (AvgIpc) is 2.59. The molecule has 1 aromatic rings. The maximum Gasteiger partial charge on any atom is 0.410 e. The van der Waals surface area contributed by atoms with E-state index in [1.165, 1.54) is 0 Å². The lowest BCUT2D eigenvalue weighted by molar-refractivity contribution is -0.150. The van der Waals surface area contributed by atoms with Gasteiger partial charge in [0.05, 0.1) is 5.92 Å². The fraction of sp³-hybridized carbons (Fsp3) is 0.619. The highest BCUT2D eigenvalue weighted by molar-refractivity contribution is 5.73. The van der Waals surface area contributed by atoms with Gasteiger partial charge in [0, 0.05) is 13.1 Å². The SMILES string of the molecule is Cc1cccc(C)c1OCCOC(=O)C1CCN(C(=O)OC(C)(C)C)CC1. The Morgan fingerprint density at radius 2 is 1.67 bits per heavy atom. The molecular weight excluding hydrogens is 346 g/mol. The Balaban J connectivity index is 1.70. The third-order valence-corrected chi connectivity index (χ3v) is 4.46. The molecule has 1 heterocycles. The summed E-state index contributed by atoms with van der Waals surface area (Å²) in [5.74, 6) is 0.451. The maximum absolute atomic E-state index is 12.2. The first-order valence-electron chi connectivity index (χ1n) is 9.51. The Hall–Kier alpha value is -2.24. The third-order valence-electron chi connectivity index (χ3n) is 4.46. The van der Waals surface area contributed by atoms with Crippen LogP contribution in [0.2, 0.25) is 0 Å². The third kappa shape index (κ3) is 6.45. The topological polar surface area (TPSA) is 65.1 Å². The second-order valence-electron chi connectivity index (χ2n) is 7.98. The van der Waals surface area contributed by atoms with E-state index in [-0.39, 0.29) is 24.6 Å². The van der Waals surface area contributed by atoms with Crippen LogP contribution in [0.15, 0.2) is 18.2 Å². The van der Waals surface area contributed by atoms with Gasteiger partial charge in [-0.15, -0.1) is 0 Å². The smallest absolute Gasteiger partial charge is 0.410 e. The molecule has 0 aromatic heterocycles. The fourth-order valence-corrected chi connectivity index (χ4v) is 3.05. The summed E-state index contributed by atoms with van der Waals surface area (Å²) in [6.45, 7) is 11.1. The lowest BCUT2D eigenvalue weighted by Gasteiger charge is -2.32. The van der Waals surface area contributed by atoms with Crippen LogP contribution in [0.1, 0.15) is 44.7 Å². The average molecular weight is 377 g/mol. The summed E-state index contributed by atoms with van der Waals surface area (Å²) >= 11 is 0. The van der Waals surface area contributed by atoms with Crippen LogP contribution in [0, 0.1) is 19.8 Å². The van der Waals surface area contributed by atoms with E-state index in [9.17, 15) is 9.59 Å². The molecule has 1 aliphatic rings.